The molecule has 6 rings (SSSR count). The van der Waals surface area contributed by atoms with Gasteiger partial charge in [-0.1, -0.05) is 6.58 Å². The normalized spacial score (nSPS) is 24.7. The molecule has 2 fully saturated rings. The fourth-order valence-electron chi connectivity index (χ4n) is 7.76. The SMILES string of the molecule is C=CN.COC(=O)[C@H]1[C@H]2C[C@@H]3c4[nH]c5cc(OC)ccc5c4CCN3C[C@H]2C[C@@H](OC(=O)c2cc(OC)c(OC)c(OC)c2)[C@@H]1OC. The molecule has 12 heteroatoms. The number of carbonyl (C=O) groups is 2. The Morgan fingerprint density at radius 1 is 0.979 bits per heavy atom. The molecule has 0 bridgehead atoms. The van der Waals surface area contributed by atoms with Crippen LogP contribution in [-0.4, -0.2) is 89.8 Å². The summed E-state index contributed by atoms with van der Waals surface area (Å²) in [6, 6.07) is 9.40. The summed E-state index contributed by atoms with van der Waals surface area (Å²) in [5, 5.41) is 1.21. The predicted octanol–water partition coefficient (Wildman–Crippen LogP) is 4.26. The van der Waals surface area contributed by atoms with Crippen LogP contribution in [0, 0.1) is 17.8 Å². The number of rotatable bonds is 8. The van der Waals surface area contributed by atoms with Gasteiger partial charge in [0.05, 0.1) is 53.1 Å². The number of ether oxygens (including phenoxy) is 7. The fraction of sp³-hybridized carbons (Fsp3) is 0.486. The van der Waals surface area contributed by atoms with Gasteiger partial charge in [-0.2, -0.15) is 0 Å². The molecular weight excluding hydrogens is 606 g/mol. The average molecular weight is 652 g/mol. The first kappa shape index (κ1) is 33.9. The highest BCUT2D eigenvalue weighted by Crippen LogP contribution is 2.51. The van der Waals surface area contributed by atoms with Gasteiger partial charge in [-0.3, -0.25) is 9.69 Å². The number of hydrogen-bond donors (Lipinski definition) is 2. The van der Waals surface area contributed by atoms with Crippen molar-refractivity contribution in [2.45, 2.75) is 37.5 Å². The Morgan fingerprint density at radius 3 is 2.28 bits per heavy atom. The molecule has 3 heterocycles. The summed E-state index contributed by atoms with van der Waals surface area (Å²) in [6.07, 6.45) is 2.17. The zero-order valence-electron chi connectivity index (χ0n) is 27.9. The van der Waals surface area contributed by atoms with Crippen molar-refractivity contribution < 1.29 is 42.7 Å². The summed E-state index contributed by atoms with van der Waals surface area (Å²) < 4.78 is 39.1. The maximum absolute atomic E-state index is 13.5. The van der Waals surface area contributed by atoms with E-state index in [-0.39, 0.29) is 29.4 Å². The minimum Gasteiger partial charge on any atom is -0.497 e. The molecule has 0 radical (unpaired) electrons. The highest BCUT2D eigenvalue weighted by Gasteiger charge is 2.54. The number of benzene rings is 2. The summed E-state index contributed by atoms with van der Waals surface area (Å²) in [5.41, 5.74) is 8.44. The summed E-state index contributed by atoms with van der Waals surface area (Å²) in [5.74, 6) is 0.441. The first-order chi connectivity index (χ1) is 22.8. The van der Waals surface area contributed by atoms with Gasteiger partial charge in [-0.05, 0) is 67.1 Å². The van der Waals surface area contributed by atoms with Gasteiger partial charge in [-0.25, -0.2) is 4.79 Å². The number of hydrogen-bond acceptors (Lipinski definition) is 11. The van der Waals surface area contributed by atoms with Crippen molar-refractivity contribution in [1.82, 2.24) is 9.88 Å². The Kier molecular flexibility index (Phi) is 10.5. The average Bonchev–Trinajstić information content (AvgIpc) is 3.47. The molecule has 3 aliphatic rings. The van der Waals surface area contributed by atoms with E-state index in [0.717, 1.165) is 37.2 Å². The van der Waals surface area contributed by atoms with Gasteiger partial charge in [0.25, 0.3) is 0 Å². The number of esters is 2. The molecule has 3 aromatic rings. The van der Waals surface area contributed by atoms with Crippen LogP contribution in [0.5, 0.6) is 23.0 Å². The number of nitrogens with zero attached hydrogens (tertiary/aromatic N) is 1. The molecule has 0 unspecified atom stereocenters. The van der Waals surface area contributed by atoms with Crippen molar-refractivity contribution in [3.8, 4) is 23.0 Å². The monoisotopic (exact) mass is 651 g/mol. The molecule has 0 spiro atoms. The van der Waals surface area contributed by atoms with Crippen LogP contribution >= 0.6 is 0 Å². The van der Waals surface area contributed by atoms with E-state index in [4.69, 9.17) is 33.2 Å². The van der Waals surface area contributed by atoms with Gasteiger partial charge < -0.3 is 43.9 Å². The molecule has 2 aromatic carbocycles. The molecule has 2 aliphatic heterocycles. The zero-order chi connectivity index (χ0) is 33.8. The van der Waals surface area contributed by atoms with E-state index in [9.17, 15) is 9.59 Å². The first-order valence-corrected chi connectivity index (χ1v) is 15.6. The molecule has 3 N–H and O–H groups in total. The lowest BCUT2D eigenvalue weighted by Gasteiger charge is -2.52. The van der Waals surface area contributed by atoms with Gasteiger partial charge >= 0.3 is 11.9 Å². The summed E-state index contributed by atoms with van der Waals surface area (Å²) in [6.45, 7) is 4.82. The predicted molar refractivity (Wildman–Crippen MR) is 175 cm³/mol. The highest BCUT2D eigenvalue weighted by molar-refractivity contribution is 5.91. The lowest BCUT2D eigenvalue weighted by Crippen LogP contribution is -2.58. The standard InChI is InChI=1S/C33H40N2O9.C2H5N/c1-38-19-7-8-20-21-9-10-35-16-18-13-27(44-32(36)17-11-25(39-2)30(41-4)26(12-17)40-3)31(42-5)28(33(37)43-6)22(18)15-24(35)29(21)34-23(20)14-19;1-2-3/h7-8,11-12,14,18,22,24,27-28,31,34H,9-10,13,15-16H2,1-6H3;2H,1,3H2/t18-,22+,24-,27-,28+,31+;/m1./s1. The Balaban J connectivity index is 0.00000139. The summed E-state index contributed by atoms with van der Waals surface area (Å²) in [7, 11) is 9.10. The summed E-state index contributed by atoms with van der Waals surface area (Å²) in [4.78, 5) is 33.1. The quantitative estimate of drug-likeness (QED) is 0.337. The van der Waals surface area contributed by atoms with Crippen molar-refractivity contribution in [3.63, 3.8) is 0 Å². The van der Waals surface area contributed by atoms with Gasteiger partial charge in [-0.15, -0.1) is 0 Å². The van der Waals surface area contributed by atoms with Crippen LogP contribution in [0.1, 0.15) is 40.5 Å². The van der Waals surface area contributed by atoms with Crippen LogP contribution in [0.15, 0.2) is 43.1 Å². The van der Waals surface area contributed by atoms with Crippen molar-refractivity contribution >= 4 is 22.8 Å². The maximum Gasteiger partial charge on any atom is 0.338 e. The topological polar surface area (TPSA) is 144 Å². The van der Waals surface area contributed by atoms with Gasteiger partial charge in [0.15, 0.2) is 11.5 Å². The van der Waals surface area contributed by atoms with E-state index < -0.39 is 24.1 Å². The number of nitrogens with one attached hydrogen (secondary N) is 1. The van der Waals surface area contributed by atoms with Crippen LogP contribution in [0.2, 0.25) is 0 Å². The lowest BCUT2D eigenvalue weighted by atomic mass is 9.63. The number of H-pyrrole nitrogens is 1. The fourth-order valence-corrected chi connectivity index (χ4v) is 7.76. The number of aromatic nitrogens is 1. The third-order valence-electron chi connectivity index (χ3n) is 9.76. The number of nitrogens with two attached hydrogens (primary N) is 1. The minimum absolute atomic E-state index is 0.0170. The minimum atomic E-state index is -0.670. The second-order valence-corrected chi connectivity index (χ2v) is 11.9. The molecule has 47 heavy (non-hydrogen) atoms. The Hall–Kier alpha value is -4.42. The molecule has 254 valence electrons. The second kappa shape index (κ2) is 14.6. The molecular formula is C35H45N3O9. The van der Waals surface area contributed by atoms with Crippen LogP contribution in [-0.2, 0) is 25.4 Å². The molecule has 1 aliphatic carbocycles. The van der Waals surface area contributed by atoms with E-state index in [0.29, 0.717) is 23.7 Å². The van der Waals surface area contributed by atoms with E-state index in [2.05, 4.69) is 28.3 Å². The van der Waals surface area contributed by atoms with Gasteiger partial charge in [0, 0.05) is 42.9 Å². The first-order valence-electron chi connectivity index (χ1n) is 15.6. The van der Waals surface area contributed by atoms with Crippen LogP contribution < -0.4 is 24.7 Å². The molecule has 1 saturated heterocycles. The molecule has 0 amide bonds. The van der Waals surface area contributed by atoms with Crippen LogP contribution in [0.25, 0.3) is 10.9 Å². The Morgan fingerprint density at radius 2 is 1.68 bits per heavy atom. The lowest BCUT2D eigenvalue weighted by molar-refractivity contribution is -0.176. The highest BCUT2D eigenvalue weighted by atomic mass is 16.6. The Labute approximate surface area is 275 Å². The van der Waals surface area contributed by atoms with Gasteiger partial charge in [0.1, 0.15) is 18.0 Å². The molecule has 1 aromatic heterocycles. The second-order valence-electron chi connectivity index (χ2n) is 11.9. The third kappa shape index (κ3) is 6.31. The number of piperidine rings is 1. The van der Waals surface area contributed by atoms with Crippen molar-refractivity contribution in [3.05, 3.63) is 59.9 Å². The van der Waals surface area contributed by atoms with E-state index in [1.54, 1.807) is 26.4 Å². The van der Waals surface area contributed by atoms with E-state index in [1.165, 1.54) is 51.3 Å². The van der Waals surface area contributed by atoms with Crippen molar-refractivity contribution in [1.29, 1.82) is 0 Å². The number of fused-ring (bicyclic) bond motifs is 6. The third-order valence-corrected chi connectivity index (χ3v) is 9.76. The number of methoxy groups -OCH3 is 6. The zero-order valence-corrected chi connectivity index (χ0v) is 27.9. The number of aromatic amines is 1. The van der Waals surface area contributed by atoms with E-state index >= 15 is 0 Å². The molecule has 12 nitrogen and oxygen atoms in total. The van der Waals surface area contributed by atoms with Crippen molar-refractivity contribution in [2.24, 2.45) is 23.5 Å². The van der Waals surface area contributed by atoms with Gasteiger partial charge in [0.2, 0.25) is 5.75 Å². The van der Waals surface area contributed by atoms with Crippen LogP contribution in [0.4, 0.5) is 0 Å². The number of carbonyl (C=O) groups excluding carboxylic acids is 2. The maximum atomic E-state index is 13.5. The largest absolute Gasteiger partial charge is 0.497 e. The van der Waals surface area contributed by atoms with Crippen molar-refractivity contribution in [2.75, 3.05) is 55.7 Å². The molecule has 1 saturated carbocycles. The smallest absolute Gasteiger partial charge is 0.338 e. The molecule has 6 atom stereocenters. The van der Waals surface area contributed by atoms with E-state index in [1.807, 2.05) is 12.1 Å². The Bertz CT molecular complexity index is 1580. The van der Waals surface area contributed by atoms with Crippen LogP contribution in [0.3, 0.4) is 0 Å². The summed E-state index contributed by atoms with van der Waals surface area (Å²) >= 11 is 0.